The molecule has 7 nitrogen and oxygen atoms in total. The molecular formula is C21H27BrN2O5S. The molecule has 4 aliphatic rings. The van der Waals surface area contributed by atoms with Crippen LogP contribution >= 0.6 is 15.9 Å². The third-order valence-corrected chi connectivity index (χ3v) is 9.78. The second-order valence-electron chi connectivity index (χ2n) is 9.72. The molecule has 9 heteroatoms. The van der Waals surface area contributed by atoms with Crippen LogP contribution in [0.4, 0.5) is 0 Å². The number of carbonyl (C=O) groups is 2. The molecule has 5 rings (SSSR count). The van der Waals surface area contributed by atoms with Crippen LogP contribution in [0.5, 0.6) is 0 Å². The fraction of sp³-hybridized carbons (Fsp3) is 0.619. The summed E-state index contributed by atoms with van der Waals surface area (Å²) in [7, 11) is -3.91. The molecule has 2 unspecified atom stereocenters. The predicted molar refractivity (Wildman–Crippen MR) is 114 cm³/mol. The Morgan fingerprint density at radius 2 is 1.73 bits per heavy atom. The topological polar surface area (TPSA) is 113 Å². The fourth-order valence-electron chi connectivity index (χ4n) is 5.95. The minimum atomic E-state index is -3.91. The van der Waals surface area contributed by atoms with Crippen LogP contribution in [0.25, 0.3) is 0 Å². The summed E-state index contributed by atoms with van der Waals surface area (Å²) < 4.78 is 28.6. The van der Waals surface area contributed by atoms with Crippen molar-refractivity contribution < 1.29 is 23.1 Å². The monoisotopic (exact) mass is 498 g/mol. The summed E-state index contributed by atoms with van der Waals surface area (Å²) in [6.45, 7) is 3.09. The highest BCUT2D eigenvalue weighted by Gasteiger charge is 2.59. The van der Waals surface area contributed by atoms with Gasteiger partial charge in [0.1, 0.15) is 5.54 Å². The molecule has 1 aromatic carbocycles. The maximum Gasteiger partial charge on any atom is 0.309 e. The molecule has 4 aliphatic carbocycles. The maximum absolute atomic E-state index is 13.1. The number of amides is 1. The normalized spacial score (nSPS) is 32.8. The number of halogens is 1. The standard InChI is InChI=1S/C21H27BrN2O5S/c1-20(2,24-30(28,29)16-6-4-3-5-15(16)22)18(25)23-17-13-7-12-8-14(17)11-21(9-12,10-13)19(26)27/h3-6,12-14,17,24H,7-11H2,1-2H3,(H,23,25)(H,26,27). The number of carbonyl (C=O) groups excluding carboxylic acids is 1. The van der Waals surface area contributed by atoms with Gasteiger partial charge in [-0.1, -0.05) is 12.1 Å². The number of carboxylic acid groups (broad SMARTS) is 1. The van der Waals surface area contributed by atoms with Gasteiger partial charge < -0.3 is 10.4 Å². The molecule has 164 valence electrons. The average molecular weight is 499 g/mol. The first kappa shape index (κ1) is 21.8. The molecule has 4 bridgehead atoms. The van der Waals surface area contributed by atoms with Crippen molar-refractivity contribution in [3.05, 3.63) is 28.7 Å². The number of nitrogens with one attached hydrogen (secondary N) is 2. The highest BCUT2D eigenvalue weighted by Crippen LogP contribution is 2.60. The molecule has 2 atom stereocenters. The molecule has 0 aromatic heterocycles. The van der Waals surface area contributed by atoms with Crippen molar-refractivity contribution in [1.29, 1.82) is 0 Å². The van der Waals surface area contributed by atoms with E-state index in [2.05, 4.69) is 26.0 Å². The molecule has 4 saturated carbocycles. The summed E-state index contributed by atoms with van der Waals surface area (Å²) in [6, 6.07) is 6.35. The molecule has 0 aliphatic heterocycles. The Morgan fingerprint density at radius 3 is 2.30 bits per heavy atom. The van der Waals surface area contributed by atoms with Crippen molar-refractivity contribution in [3.63, 3.8) is 0 Å². The lowest BCUT2D eigenvalue weighted by molar-refractivity contribution is -0.168. The fourth-order valence-corrected chi connectivity index (χ4v) is 8.33. The van der Waals surface area contributed by atoms with Crippen molar-refractivity contribution in [2.45, 2.75) is 62.4 Å². The highest BCUT2D eigenvalue weighted by molar-refractivity contribution is 9.10. The average Bonchev–Trinajstić information content (AvgIpc) is 2.63. The van der Waals surface area contributed by atoms with Crippen LogP contribution in [-0.2, 0) is 19.6 Å². The number of hydrogen-bond donors (Lipinski definition) is 3. The number of carboxylic acids is 1. The lowest BCUT2D eigenvalue weighted by Crippen LogP contribution is -2.64. The van der Waals surface area contributed by atoms with Crippen molar-refractivity contribution in [1.82, 2.24) is 10.0 Å². The van der Waals surface area contributed by atoms with Gasteiger partial charge >= 0.3 is 5.97 Å². The van der Waals surface area contributed by atoms with Crippen LogP contribution in [0, 0.1) is 23.2 Å². The van der Waals surface area contributed by atoms with Crippen molar-refractivity contribution in [3.8, 4) is 0 Å². The van der Waals surface area contributed by atoms with Crippen LogP contribution in [0.15, 0.2) is 33.6 Å². The van der Waals surface area contributed by atoms with Gasteiger partial charge in [0.15, 0.2) is 0 Å². The molecule has 0 heterocycles. The third kappa shape index (κ3) is 3.69. The van der Waals surface area contributed by atoms with Crippen molar-refractivity contribution >= 4 is 37.8 Å². The van der Waals surface area contributed by atoms with Gasteiger partial charge in [-0.05, 0) is 91.8 Å². The smallest absolute Gasteiger partial charge is 0.309 e. The Kier molecular flexibility index (Phi) is 5.30. The van der Waals surface area contributed by atoms with Gasteiger partial charge in [0, 0.05) is 10.5 Å². The van der Waals surface area contributed by atoms with Gasteiger partial charge in [-0.15, -0.1) is 0 Å². The Morgan fingerprint density at radius 1 is 1.13 bits per heavy atom. The van der Waals surface area contributed by atoms with E-state index in [4.69, 9.17) is 0 Å². The zero-order chi connectivity index (χ0) is 21.9. The van der Waals surface area contributed by atoms with Crippen LogP contribution in [0.1, 0.15) is 46.0 Å². The summed E-state index contributed by atoms with van der Waals surface area (Å²) >= 11 is 3.25. The van der Waals surface area contributed by atoms with Crippen LogP contribution in [0.2, 0.25) is 0 Å². The van der Waals surface area contributed by atoms with Crippen LogP contribution in [0.3, 0.4) is 0 Å². The van der Waals surface area contributed by atoms with Gasteiger partial charge in [-0.2, -0.15) is 4.72 Å². The first-order valence-electron chi connectivity index (χ1n) is 10.3. The van der Waals surface area contributed by atoms with E-state index in [1.807, 2.05) is 0 Å². The molecule has 1 amide bonds. The minimum absolute atomic E-state index is 0.0731. The lowest BCUT2D eigenvalue weighted by atomic mass is 9.48. The summed E-state index contributed by atoms with van der Waals surface area (Å²) in [5, 5.41) is 12.8. The van der Waals surface area contributed by atoms with E-state index in [9.17, 15) is 23.1 Å². The van der Waals surface area contributed by atoms with Gasteiger partial charge in [0.25, 0.3) is 0 Å². The van der Waals surface area contributed by atoms with E-state index >= 15 is 0 Å². The minimum Gasteiger partial charge on any atom is -0.481 e. The molecule has 0 radical (unpaired) electrons. The van der Waals surface area contributed by atoms with E-state index in [0.29, 0.717) is 23.2 Å². The lowest BCUT2D eigenvalue weighted by Gasteiger charge is -2.58. The SMILES string of the molecule is CC(C)(NS(=O)(=O)c1ccccc1Br)C(=O)NC1C2CC3CC1CC(C(=O)O)(C3)C2. The van der Waals surface area contributed by atoms with Crippen LogP contribution in [-0.4, -0.2) is 37.0 Å². The largest absolute Gasteiger partial charge is 0.481 e. The quantitative estimate of drug-likeness (QED) is 0.557. The molecule has 30 heavy (non-hydrogen) atoms. The van der Waals surface area contributed by atoms with Gasteiger partial charge in [-0.25, -0.2) is 8.42 Å². The van der Waals surface area contributed by atoms with Gasteiger partial charge in [0.2, 0.25) is 15.9 Å². The molecule has 4 fully saturated rings. The third-order valence-electron chi connectivity index (χ3n) is 7.11. The van der Waals surface area contributed by atoms with Crippen LogP contribution < -0.4 is 10.0 Å². The summed E-state index contributed by atoms with van der Waals surface area (Å²) in [5.74, 6) is -0.430. The maximum atomic E-state index is 13.1. The zero-order valence-corrected chi connectivity index (χ0v) is 19.4. The van der Waals surface area contributed by atoms with E-state index in [1.54, 1.807) is 32.0 Å². The molecule has 0 spiro atoms. The van der Waals surface area contributed by atoms with E-state index in [0.717, 1.165) is 19.3 Å². The molecular weight excluding hydrogens is 472 g/mol. The number of benzene rings is 1. The highest BCUT2D eigenvalue weighted by atomic mass is 79.9. The van der Waals surface area contributed by atoms with E-state index < -0.39 is 26.9 Å². The predicted octanol–water partition coefficient (Wildman–Crippen LogP) is 2.90. The molecule has 0 saturated heterocycles. The molecule has 3 N–H and O–H groups in total. The zero-order valence-electron chi connectivity index (χ0n) is 17.0. The Labute approximate surface area is 185 Å². The summed E-state index contributed by atoms with van der Waals surface area (Å²) in [6.07, 6.45) is 3.78. The second kappa shape index (κ2) is 7.31. The van der Waals surface area contributed by atoms with Crippen molar-refractivity contribution in [2.24, 2.45) is 23.2 Å². The van der Waals surface area contributed by atoms with Gasteiger partial charge in [-0.3, -0.25) is 9.59 Å². The van der Waals surface area contributed by atoms with E-state index in [1.165, 1.54) is 6.07 Å². The Bertz CT molecular complexity index is 977. The number of rotatable bonds is 6. The summed E-state index contributed by atoms with van der Waals surface area (Å²) in [4.78, 5) is 25.1. The molecule has 1 aromatic rings. The number of hydrogen-bond acceptors (Lipinski definition) is 4. The number of aliphatic carboxylic acids is 1. The first-order chi connectivity index (χ1) is 13.9. The van der Waals surface area contributed by atoms with Crippen molar-refractivity contribution in [2.75, 3.05) is 0 Å². The Balaban J connectivity index is 1.49. The second-order valence-corrected chi connectivity index (χ2v) is 12.2. The number of sulfonamides is 1. The van der Waals surface area contributed by atoms with E-state index in [-0.39, 0.29) is 28.7 Å². The Hall–Kier alpha value is -1.45. The first-order valence-corrected chi connectivity index (χ1v) is 12.5. The van der Waals surface area contributed by atoms with Gasteiger partial charge in [0.05, 0.1) is 10.3 Å². The summed E-state index contributed by atoms with van der Waals surface area (Å²) in [5.41, 5.74) is -2.00.